The maximum Gasteiger partial charge on any atom is 0.335 e. The number of aromatic carboxylic acids is 1. The number of carbonyl (C=O) groups excluding carboxylic acids is 2. The zero-order valence-corrected chi connectivity index (χ0v) is 22.2. The van der Waals surface area contributed by atoms with Crippen molar-refractivity contribution in [2.75, 3.05) is 11.9 Å². The third kappa shape index (κ3) is 8.06. The van der Waals surface area contributed by atoms with Crippen LogP contribution in [0.15, 0.2) is 48.5 Å². The predicted octanol–water partition coefficient (Wildman–Crippen LogP) is 5.23. The Hall–Kier alpha value is -3.88. The number of nitrogens with one attached hydrogen (secondary N) is 2. The van der Waals surface area contributed by atoms with Gasteiger partial charge in [-0.1, -0.05) is 32.9 Å². The number of amides is 3. The molecule has 0 unspecified atom stereocenters. The van der Waals surface area contributed by atoms with E-state index >= 15 is 0 Å². The van der Waals surface area contributed by atoms with Gasteiger partial charge < -0.3 is 25.7 Å². The van der Waals surface area contributed by atoms with Crippen molar-refractivity contribution in [1.29, 1.82) is 0 Å². The van der Waals surface area contributed by atoms with E-state index in [2.05, 4.69) is 31.4 Å². The summed E-state index contributed by atoms with van der Waals surface area (Å²) >= 11 is 0. The molecule has 0 atom stereocenters. The molecule has 0 radical (unpaired) electrons. The van der Waals surface area contributed by atoms with Crippen molar-refractivity contribution in [3.8, 4) is 0 Å². The van der Waals surface area contributed by atoms with Gasteiger partial charge >= 0.3 is 18.0 Å². The molecular weight excluding hydrogens is 486 g/mol. The molecule has 0 saturated heterocycles. The van der Waals surface area contributed by atoms with Crippen molar-refractivity contribution in [2.45, 2.75) is 65.5 Å². The average Bonchev–Trinajstić information content (AvgIpc) is 2.87. The Balaban J connectivity index is 1.73. The minimum Gasteiger partial charge on any atom is -0.481 e. The van der Waals surface area contributed by atoms with Crippen molar-refractivity contribution in [1.82, 2.24) is 10.2 Å². The monoisotopic (exact) mass is 523 g/mol. The lowest BCUT2D eigenvalue weighted by Crippen LogP contribution is -2.45. The number of urea groups is 1. The molecule has 0 heterocycles. The first-order valence-electron chi connectivity index (χ1n) is 12.9. The molecule has 0 aromatic heterocycles. The molecule has 1 fully saturated rings. The average molecular weight is 524 g/mol. The Morgan fingerprint density at radius 1 is 0.868 bits per heavy atom. The summed E-state index contributed by atoms with van der Waals surface area (Å²) in [4.78, 5) is 49.4. The molecule has 9 heteroatoms. The molecule has 0 bridgehead atoms. The van der Waals surface area contributed by atoms with Gasteiger partial charge in [-0.2, -0.15) is 0 Å². The molecule has 0 spiro atoms. The number of carbonyl (C=O) groups is 4. The Morgan fingerprint density at radius 2 is 1.45 bits per heavy atom. The van der Waals surface area contributed by atoms with Gasteiger partial charge in [0.25, 0.3) is 5.91 Å². The molecular formula is C29H37N3O6. The van der Waals surface area contributed by atoms with E-state index < -0.39 is 11.9 Å². The van der Waals surface area contributed by atoms with Gasteiger partial charge in [0.2, 0.25) is 0 Å². The van der Waals surface area contributed by atoms with Crippen LogP contribution in [0, 0.1) is 11.3 Å². The summed E-state index contributed by atoms with van der Waals surface area (Å²) in [5.41, 5.74) is 2.15. The molecule has 1 saturated carbocycles. The fourth-order valence-corrected chi connectivity index (χ4v) is 4.85. The van der Waals surface area contributed by atoms with Crippen LogP contribution in [0.5, 0.6) is 0 Å². The lowest BCUT2D eigenvalue weighted by atomic mass is 9.71. The van der Waals surface area contributed by atoms with Crippen molar-refractivity contribution < 1.29 is 29.4 Å². The summed E-state index contributed by atoms with van der Waals surface area (Å²) in [5.74, 6) is -1.77. The Labute approximate surface area is 223 Å². The van der Waals surface area contributed by atoms with Crippen LogP contribution in [0.1, 0.15) is 79.2 Å². The first-order valence-corrected chi connectivity index (χ1v) is 12.9. The van der Waals surface area contributed by atoms with Crippen molar-refractivity contribution in [2.24, 2.45) is 11.3 Å². The zero-order valence-electron chi connectivity index (χ0n) is 22.2. The second-order valence-corrected chi connectivity index (χ2v) is 10.9. The summed E-state index contributed by atoms with van der Waals surface area (Å²) in [6.45, 7) is 7.16. The lowest BCUT2D eigenvalue weighted by Gasteiger charge is -2.41. The predicted molar refractivity (Wildman–Crippen MR) is 144 cm³/mol. The molecule has 2 aromatic rings. The van der Waals surface area contributed by atoms with E-state index in [1.165, 1.54) is 12.1 Å². The number of hydrogen-bond acceptors (Lipinski definition) is 4. The first kappa shape index (κ1) is 28.7. The SMILES string of the molecule is CC(C)(C)C1CCC(N(Cc2ccc(C(=O)NCCC(=O)O)cc2)C(=O)Nc2ccc(C(=O)O)cc2)CC1. The van der Waals surface area contributed by atoms with Crippen LogP contribution in [-0.2, 0) is 11.3 Å². The maximum atomic E-state index is 13.4. The topological polar surface area (TPSA) is 136 Å². The molecule has 2 aromatic carbocycles. The summed E-state index contributed by atoms with van der Waals surface area (Å²) in [5, 5.41) is 23.4. The van der Waals surface area contributed by atoms with E-state index in [0.29, 0.717) is 23.7 Å². The summed E-state index contributed by atoms with van der Waals surface area (Å²) in [7, 11) is 0. The second-order valence-electron chi connectivity index (χ2n) is 10.9. The molecule has 1 aliphatic rings. The number of rotatable bonds is 9. The third-order valence-corrected chi connectivity index (χ3v) is 7.20. The molecule has 3 rings (SSSR count). The van der Waals surface area contributed by atoms with E-state index in [1.54, 1.807) is 36.4 Å². The third-order valence-electron chi connectivity index (χ3n) is 7.20. The number of nitrogens with zero attached hydrogens (tertiary/aromatic N) is 1. The van der Waals surface area contributed by atoms with Crippen LogP contribution in [0.3, 0.4) is 0 Å². The van der Waals surface area contributed by atoms with Crippen LogP contribution >= 0.6 is 0 Å². The zero-order chi connectivity index (χ0) is 27.9. The molecule has 9 nitrogen and oxygen atoms in total. The van der Waals surface area contributed by atoms with Crippen molar-refractivity contribution >= 4 is 29.6 Å². The van der Waals surface area contributed by atoms with Crippen LogP contribution in [0.25, 0.3) is 0 Å². The lowest BCUT2D eigenvalue weighted by molar-refractivity contribution is -0.136. The fourth-order valence-electron chi connectivity index (χ4n) is 4.85. The van der Waals surface area contributed by atoms with Gasteiger partial charge in [0.05, 0.1) is 12.0 Å². The quantitative estimate of drug-likeness (QED) is 0.355. The van der Waals surface area contributed by atoms with E-state index in [0.717, 1.165) is 31.2 Å². The maximum absolute atomic E-state index is 13.4. The standard InChI is InChI=1S/C29H37N3O6/c1-29(2,3)22-10-14-24(15-11-22)32(28(38)31-23-12-8-21(9-13-23)27(36)37)18-19-4-6-20(7-5-19)26(35)30-17-16-25(33)34/h4-9,12-13,22,24H,10-11,14-18H2,1-3H3,(H,30,35)(H,31,38)(H,33,34)(H,36,37). The van der Waals surface area contributed by atoms with Crippen LogP contribution in [0.2, 0.25) is 0 Å². The van der Waals surface area contributed by atoms with Gasteiger partial charge in [0.1, 0.15) is 0 Å². The Kier molecular flexibility index (Phi) is 9.50. The van der Waals surface area contributed by atoms with E-state index in [-0.39, 0.29) is 41.9 Å². The highest BCUT2D eigenvalue weighted by Crippen LogP contribution is 2.39. The minimum atomic E-state index is -1.03. The highest BCUT2D eigenvalue weighted by atomic mass is 16.4. The van der Waals surface area contributed by atoms with Crippen molar-refractivity contribution in [3.63, 3.8) is 0 Å². The highest BCUT2D eigenvalue weighted by molar-refractivity contribution is 5.94. The largest absolute Gasteiger partial charge is 0.481 e. The van der Waals surface area contributed by atoms with Crippen LogP contribution < -0.4 is 10.6 Å². The number of carboxylic acids is 2. The molecule has 204 valence electrons. The van der Waals surface area contributed by atoms with Crippen LogP contribution in [0.4, 0.5) is 10.5 Å². The highest BCUT2D eigenvalue weighted by Gasteiger charge is 2.33. The summed E-state index contributed by atoms with van der Waals surface area (Å²) < 4.78 is 0. The van der Waals surface area contributed by atoms with Gasteiger partial charge in [-0.3, -0.25) is 9.59 Å². The van der Waals surface area contributed by atoms with E-state index in [1.807, 2.05) is 4.90 Å². The molecule has 3 amide bonds. The van der Waals surface area contributed by atoms with Gasteiger partial charge in [0.15, 0.2) is 0 Å². The number of hydrogen-bond donors (Lipinski definition) is 4. The smallest absolute Gasteiger partial charge is 0.335 e. The Bertz CT molecular complexity index is 1130. The van der Waals surface area contributed by atoms with Gasteiger partial charge in [-0.05, 0) is 79.0 Å². The van der Waals surface area contributed by atoms with Gasteiger partial charge in [0, 0.05) is 30.4 Å². The molecule has 4 N–H and O–H groups in total. The number of benzene rings is 2. The van der Waals surface area contributed by atoms with Crippen molar-refractivity contribution in [3.05, 3.63) is 65.2 Å². The summed E-state index contributed by atoms with van der Waals surface area (Å²) in [6.07, 6.45) is 3.68. The van der Waals surface area contributed by atoms with Gasteiger partial charge in [-0.15, -0.1) is 0 Å². The normalized spacial score (nSPS) is 17.3. The molecule has 0 aliphatic heterocycles. The first-order chi connectivity index (χ1) is 17.9. The molecule has 1 aliphatic carbocycles. The molecule has 38 heavy (non-hydrogen) atoms. The minimum absolute atomic E-state index is 0.0471. The number of anilines is 1. The van der Waals surface area contributed by atoms with E-state index in [4.69, 9.17) is 10.2 Å². The van der Waals surface area contributed by atoms with E-state index in [9.17, 15) is 19.2 Å². The Morgan fingerprint density at radius 3 is 1.97 bits per heavy atom. The van der Waals surface area contributed by atoms with Gasteiger partial charge in [-0.25, -0.2) is 9.59 Å². The summed E-state index contributed by atoms with van der Waals surface area (Å²) in [6, 6.07) is 12.8. The second kappa shape index (κ2) is 12.6. The fraction of sp³-hybridized carbons (Fsp3) is 0.448. The number of aliphatic carboxylic acids is 1. The number of carboxylic acid groups (broad SMARTS) is 2. The van der Waals surface area contributed by atoms with Crippen LogP contribution in [-0.4, -0.2) is 51.6 Å².